The number of furan rings is 1. The van der Waals surface area contributed by atoms with E-state index in [2.05, 4.69) is 152 Å². The molecule has 0 amide bonds. The molecule has 0 aliphatic rings. The maximum atomic E-state index is 6.60. The lowest BCUT2D eigenvalue weighted by atomic mass is 9.85. The molecular weight excluding hydrogens is 601 g/mol. The quantitative estimate of drug-likeness (QED) is 0.137. The first kappa shape index (κ1) is 26.1. The van der Waals surface area contributed by atoms with Crippen molar-refractivity contribution in [2.24, 2.45) is 0 Å². The van der Waals surface area contributed by atoms with Gasteiger partial charge in [0.05, 0.1) is 0 Å². The van der Waals surface area contributed by atoms with E-state index in [1.165, 1.54) is 80.0 Å². The second kappa shape index (κ2) is 9.78. The SMILES string of the molecule is c1ccc2c(c1)oc1c(-c3c4ccccc4c(-c4ccc5sc6c7ccccc7c7ccccc7c6c5c4)c4ccccc34)cccc12. The fraction of sp³-hybridized carbons (Fsp3) is 0. The minimum Gasteiger partial charge on any atom is -0.455 e. The van der Waals surface area contributed by atoms with Crippen molar-refractivity contribution in [3.63, 3.8) is 0 Å². The molecule has 2 heterocycles. The maximum Gasteiger partial charge on any atom is 0.143 e. The first-order valence-electron chi connectivity index (χ1n) is 16.4. The van der Waals surface area contributed by atoms with Crippen molar-refractivity contribution in [1.82, 2.24) is 0 Å². The van der Waals surface area contributed by atoms with Crippen LogP contribution in [-0.4, -0.2) is 0 Å². The summed E-state index contributed by atoms with van der Waals surface area (Å²) in [6.45, 7) is 0. The first-order valence-corrected chi connectivity index (χ1v) is 17.3. The Morgan fingerprint density at radius 2 is 0.917 bits per heavy atom. The Hall–Kier alpha value is -5.96. The lowest BCUT2D eigenvalue weighted by Crippen LogP contribution is -1.91. The normalized spacial score (nSPS) is 12.2. The smallest absolute Gasteiger partial charge is 0.143 e. The summed E-state index contributed by atoms with van der Waals surface area (Å²) in [6, 6.07) is 57.6. The van der Waals surface area contributed by atoms with Gasteiger partial charge in [0.25, 0.3) is 0 Å². The van der Waals surface area contributed by atoms with Crippen molar-refractivity contribution >= 4 is 96.5 Å². The third-order valence-corrected chi connectivity index (χ3v) is 11.4. The zero-order chi connectivity index (χ0) is 31.3. The Morgan fingerprint density at radius 3 is 1.62 bits per heavy atom. The van der Waals surface area contributed by atoms with Gasteiger partial charge in [-0.05, 0) is 67.0 Å². The summed E-state index contributed by atoms with van der Waals surface area (Å²) < 4.78 is 9.28. The minimum absolute atomic E-state index is 0.918. The molecular formula is C46H26OS. The van der Waals surface area contributed by atoms with E-state index >= 15 is 0 Å². The third kappa shape index (κ3) is 3.50. The highest BCUT2D eigenvalue weighted by Crippen LogP contribution is 2.49. The van der Waals surface area contributed by atoms with Crippen LogP contribution in [0.15, 0.2) is 162 Å². The van der Waals surface area contributed by atoms with Crippen LogP contribution in [0.4, 0.5) is 0 Å². The molecule has 1 nitrogen and oxygen atoms in total. The Kier molecular flexibility index (Phi) is 5.32. The molecule has 0 atom stereocenters. The molecule has 2 heteroatoms. The molecule has 11 aromatic rings. The Morgan fingerprint density at radius 1 is 0.375 bits per heavy atom. The van der Waals surface area contributed by atoms with Gasteiger partial charge in [-0.25, -0.2) is 0 Å². The molecule has 0 bridgehead atoms. The lowest BCUT2D eigenvalue weighted by Gasteiger charge is -2.18. The number of thiophene rings is 1. The fourth-order valence-corrected chi connectivity index (χ4v) is 9.47. The van der Waals surface area contributed by atoms with Crippen molar-refractivity contribution < 1.29 is 4.42 Å². The molecule has 222 valence electrons. The number of hydrogen-bond donors (Lipinski definition) is 0. The Labute approximate surface area is 279 Å². The molecule has 2 aromatic heterocycles. The third-order valence-electron chi connectivity index (χ3n) is 10.2. The van der Waals surface area contributed by atoms with Gasteiger partial charge in [0, 0.05) is 47.5 Å². The van der Waals surface area contributed by atoms with Crippen LogP contribution in [-0.2, 0) is 0 Å². The number of para-hydroxylation sites is 2. The summed E-state index contributed by atoms with van der Waals surface area (Å²) in [7, 11) is 0. The predicted molar refractivity (Wildman–Crippen MR) is 208 cm³/mol. The average molecular weight is 627 g/mol. The first-order chi connectivity index (χ1) is 23.8. The molecule has 48 heavy (non-hydrogen) atoms. The average Bonchev–Trinajstić information content (AvgIpc) is 3.73. The van der Waals surface area contributed by atoms with Crippen LogP contribution < -0.4 is 0 Å². The van der Waals surface area contributed by atoms with Gasteiger partial charge >= 0.3 is 0 Å². The largest absolute Gasteiger partial charge is 0.455 e. The number of rotatable bonds is 2. The standard InChI is InChI=1S/C46H26OS/c1-3-15-31-28(12-1)29-13-2-8-20-37(29)46-44(31)39-26-27(24-25-41(39)48-46)42-32-16-4-6-18-34(32)43(35-19-7-5-17-33(35)42)38-22-11-21-36-30-14-9-10-23-40(30)47-45(36)38/h1-26H. The van der Waals surface area contributed by atoms with E-state index in [9.17, 15) is 0 Å². The summed E-state index contributed by atoms with van der Waals surface area (Å²) in [5.74, 6) is 0. The van der Waals surface area contributed by atoms with E-state index < -0.39 is 0 Å². The van der Waals surface area contributed by atoms with E-state index in [-0.39, 0.29) is 0 Å². The van der Waals surface area contributed by atoms with Gasteiger partial charge in [-0.2, -0.15) is 0 Å². The van der Waals surface area contributed by atoms with Gasteiger partial charge in [-0.3, -0.25) is 0 Å². The van der Waals surface area contributed by atoms with Gasteiger partial charge in [-0.15, -0.1) is 11.3 Å². The number of hydrogen-bond acceptors (Lipinski definition) is 2. The van der Waals surface area contributed by atoms with Crippen LogP contribution in [0.3, 0.4) is 0 Å². The monoisotopic (exact) mass is 626 g/mol. The molecule has 0 aliphatic carbocycles. The van der Waals surface area contributed by atoms with Crippen LogP contribution in [0.1, 0.15) is 0 Å². The second-order valence-corrected chi connectivity index (χ2v) is 13.8. The molecule has 11 rings (SSSR count). The molecule has 0 aliphatic heterocycles. The van der Waals surface area contributed by atoms with Crippen LogP contribution in [0.2, 0.25) is 0 Å². The maximum absolute atomic E-state index is 6.60. The molecule has 0 N–H and O–H groups in total. The van der Waals surface area contributed by atoms with E-state index in [0.29, 0.717) is 0 Å². The van der Waals surface area contributed by atoms with E-state index in [1.807, 2.05) is 17.4 Å². The number of fused-ring (bicyclic) bond motifs is 13. The van der Waals surface area contributed by atoms with Gasteiger partial charge in [0.2, 0.25) is 0 Å². The Balaban J connectivity index is 1.26. The van der Waals surface area contributed by atoms with Crippen molar-refractivity contribution in [3.8, 4) is 22.3 Å². The van der Waals surface area contributed by atoms with E-state index in [1.54, 1.807) is 0 Å². The molecule has 0 radical (unpaired) electrons. The van der Waals surface area contributed by atoms with E-state index in [0.717, 1.165) is 27.5 Å². The van der Waals surface area contributed by atoms with E-state index in [4.69, 9.17) is 4.42 Å². The minimum atomic E-state index is 0.918. The van der Waals surface area contributed by atoms with Gasteiger partial charge in [0.15, 0.2) is 0 Å². The van der Waals surface area contributed by atoms with Crippen molar-refractivity contribution in [2.75, 3.05) is 0 Å². The zero-order valence-corrected chi connectivity index (χ0v) is 26.6. The summed E-state index contributed by atoms with van der Waals surface area (Å²) in [6.07, 6.45) is 0. The molecule has 0 saturated heterocycles. The van der Waals surface area contributed by atoms with Gasteiger partial charge in [-0.1, -0.05) is 140 Å². The second-order valence-electron chi connectivity index (χ2n) is 12.7. The lowest BCUT2D eigenvalue weighted by molar-refractivity contribution is 0.670. The molecule has 0 spiro atoms. The molecule has 0 unspecified atom stereocenters. The summed E-state index contributed by atoms with van der Waals surface area (Å²) in [5, 5.41) is 15.2. The molecule has 0 fully saturated rings. The zero-order valence-electron chi connectivity index (χ0n) is 25.8. The topological polar surface area (TPSA) is 13.1 Å². The van der Waals surface area contributed by atoms with Crippen molar-refractivity contribution in [3.05, 3.63) is 158 Å². The summed E-state index contributed by atoms with van der Waals surface area (Å²) in [5.41, 5.74) is 6.71. The van der Waals surface area contributed by atoms with Crippen LogP contribution >= 0.6 is 11.3 Å². The van der Waals surface area contributed by atoms with Crippen LogP contribution in [0.25, 0.3) is 107 Å². The number of benzene rings is 9. The van der Waals surface area contributed by atoms with Crippen molar-refractivity contribution in [2.45, 2.75) is 0 Å². The highest BCUT2D eigenvalue weighted by molar-refractivity contribution is 7.27. The van der Waals surface area contributed by atoms with Crippen LogP contribution in [0.5, 0.6) is 0 Å². The Bertz CT molecular complexity index is 3060. The summed E-state index contributed by atoms with van der Waals surface area (Å²) >= 11 is 1.91. The highest BCUT2D eigenvalue weighted by Gasteiger charge is 2.21. The summed E-state index contributed by atoms with van der Waals surface area (Å²) in [4.78, 5) is 0. The fourth-order valence-electron chi connectivity index (χ4n) is 8.24. The van der Waals surface area contributed by atoms with Gasteiger partial charge < -0.3 is 4.42 Å². The molecule has 0 saturated carbocycles. The highest BCUT2D eigenvalue weighted by atomic mass is 32.1. The molecule has 9 aromatic carbocycles. The predicted octanol–water partition coefficient (Wildman–Crippen LogP) is 13.9. The van der Waals surface area contributed by atoms with Crippen molar-refractivity contribution in [1.29, 1.82) is 0 Å². The van der Waals surface area contributed by atoms with Crippen LogP contribution in [0, 0.1) is 0 Å². The van der Waals surface area contributed by atoms with Gasteiger partial charge in [0.1, 0.15) is 11.2 Å².